The highest BCUT2D eigenvalue weighted by Gasteiger charge is 2.15. The fourth-order valence-electron chi connectivity index (χ4n) is 1.32. The van der Waals surface area contributed by atoms with Crippen molar-refractivity contribution in [3.05, 3.63) is 23.4 Å². The molecular formula is C10H13F2N3S. The highest BCUT2D eigenvalue weighted by atomic mass is 32.1. The maximum Gasteiger partial charge on any atom is 0.255 e. The number of nitrogens with two attached hydrogens (primary N) is 1. The Morgan fingerprint density at radius 1 is 1.56 bits per heavy atom. The molecular weight excluding hydrogens is 232 g/mol. The number of aromatic nitrogens is 1. The largest absolute Gasteiger partial charge is 0.389 e. The van der Waals surface area contributed by atoms with E-state index in [9.17, 15) is 8.78 Å². The molecule has 16 heavy (non-hydrogen) atoms. The van der Waals surface area contributed by atoms with E-state index >= 15 is 0 Å². The molecule has 3 nitrogen and oxygen atoms in total. The van der Waals surface area contributed by atoms with Gasteiger partial charge in [-0.1, -0.05) is 12.2 Å². The second kappa shape index (κ2) is 5.16. The summed E-state index contributed by atoms with van der Waals surface area (Å²) in [5.41, 5.74) is 6.76. The lowest BCUT2D eigenvalue weighted by molar-refractivity contribution is 0.156. The predicted octanol–water partition coefficient (Wildman–Crippen LogP) is 1.73. The van der Waals surface area contributed by atoms with Gasteiger partial charge in [-0.05, 0) is 19.1 Å². The lowest BCUT2D eigenvalue weighted by atomic mass is 10.2. The molecule has 1 aromatic heterocycles. The SMILES string of the molecule is Cc1ccc(C(N)=S)c(N(C)CC(F)F)n1. The summed E-state index contributed by atoms with van der Waals surface area (Å²) in [6.45, 7) is 1.38. The van der Waals surface area contributed by atoms with Crippen LogP contribution in [0.4, 0.5) is 14.6 Å². The van der Waals surface area contributed by atoms with Crippen LogP contribution in [0.2, 0.25) is 0 Å². The maximum atomic E-state index is 12.3. The van der Waals surface area contributed by atoms with Crippen LogP contribution in [0.15, 0.2) is 12.1 Å². The summed E-state index contributed by atoms with van der Waals surface area (Å²) in [6, 6.07) is 3.44. The summed E-state index contributed by atoms with van der Waals surface area (Å²) >= 11 is 4.85. The summed E-state index contributed by atoms with van der Waals surface area (Å²) in [7, 11) is 1.54. The minimum Gasteiger partial charge on any atom is -0.389 e. The Balaban J connectivity index is 3.09. The number of hydrogen-bond acceptors (Lipinski definition) is 3. The Morgan fingerprint density at radius 3 is 2.69 bits per heavy atom. The number of anilines is 1. The van der Waals surface area contributed by atoms with Crippen LogP contribution in [0.1, 0.15) is 11.3 Å². The van der Waals surface area contributed by atoms with Gasteiger partial charge in [-0.2, -0.15) is 0 Å². The maximum absolute atomic E-state index is 12.3. The van der Waals surface area contributed by atoms with E-state index in [0.717, 1.165) is 5.69 Å². The Kier molecular flexibility index (Phi) is 4.12. The van der Waals surface area contributed by atoms with Crippen molar-refractivity contribution < 1.29 is 8.78 Å². The number of thiocarbonyl (C=S) groups is 1. The first-order valence-corrected chi connectivity index (χ1v) is 5.09. The van der Waals surface area contributed by atoms with Gasteiger partial charge in [0.05, 0.1) is 12.1 Å². The van der Waals surface area contributed by atoms with E-state index in [1.807, 2.05) is 0 Å². The zero-order chi connectivity index (χ0) is 12.3. The molecule has 0 aliphatic carbocycles. The van der Waals surface area contributed by atoms with Gasteiger partial charge in [-0.15, -0.1) is 0 Å². The Labute approximate surface area is 98.3 Å². The number of alkyl halides is 2. The highest BCUT2D eigenvalue weighted by Crippen LogP contribution is 2.18. The van der Waals surface area contributed by atoms with Crippen LogP contribution in [0.5, 0.6) is 0 Å². The van der Waals surface area contributed by atoms with Crippen molar-refractivity contribution in [3.8, 4) is 0 Å². The second-order valence-electron chi connectivity index (χ2n) is 3.46. The van der Waals surface area contributed by atoms with Crippen LogP contribution >= 0.6 is 12.2 Å². The van der Waals surface area contributed by atoms with E-state index in [1.165, 1.54) is 11.9 Å². The fourth-order valence-corrected chi connectivity index (χ4v) is 1.48. The van der Waals surface area contributed by atoms with E-state index in [2.05, 4.69) is 4.98 Å². The zero-order valence-electron chi connectivity index (χ0n) is 9.08. The predicted molar refractivity (Wildman–Crippen MR) is 64.1 cm³/mol. The third-order valence-corrected chi connectivity index (χ3v) is 2.27. The number of rotatable bonds is 4. The molecule has 0 atom stereocenters. The van der Waals surface area contributed by atoms with E-state index in [1.54, 1.807) is 19.1 Å². The topological polar surface area (TPSA) is 42.1 Å². The Bertz CT molecular complexity index is 396. The summed E-state index contributed by atoms with van der Waals surface area (Å²) in [4.78, 5) is 5.68. The summed E-state index contributed by atoms with van der Waals surface area (Å²) in [5, 5.41) is 0. The number of halogens is 2. The van der Waals surface area contributed by atoms with Gasteiger partial charge in [0, 0.05) is 12.7 Å². The number of pyridine rings is 1. The second-order valence-corrected chi connectivity index (χ2v) is 3.90. The van der Waals surface area contributed by atoms with Crippen molar-refractivity contribution in [1.29, 1.82) is 0 Å². The number of hydrogen-bond donors (Lipinski definition) is 1. The van der Waals surface area contributed by atoms with Crippen molar-refractivity contribution >= 4 is 23.0 Å². The molecule has 1 aromatic rings. The first-order valence-electron chi connectivity index (χ1n) is 4.68. The molecule has 0 aliphatic rings. The van der Waals surface area contributed by atoms with Gasteiger partial charge in [0.15, 0.2) is 0 Å². The van der Waals surface area contributed by atoms with E-state index in [4.69, 9.17) is 18.0 Å². The van der Waals surface area contributed by atoms with Gasteiger partial charge < -0.3 is 10.6 Å². The van der Waals surface area contributed by atoms with Gasteiger partial charge in [0.1, 0.15) is 10.8 Å². The van der Waals surface area contributed by atoms with E-state index in [-0.39, 0.29) is 4.99 Å². The number of nitrogens with zero attached hydrogens (tertiary/aromatic N) is 2. The first-order chi connectivity index (χ1) is 7.41. The zero-order valence-corrected chi connectivity index (χ0v) is 9.89. The minimum atomic E-state index is -2.42. The third kappa shape index (κ3) is 3.10. The normalized spacial score (nSPS) is 10.6. The van der Waals surface area contributed by atoms with E-state index < -0.39 is 13.0 Å². The quantitative estimate of drug-likeness (QED) is 0.820. The monoisotopic (exact) mass is 245 g/mol. The molecule has 6 heteroatoms. The lowest BCUT2D eigenvalue weighted by Crippen LogP contribution is -2.28. The standard InChI is InChI=1S/C10H13F2N3S/c1-6-3-4-7(9(13)16)10(14-6)15(2)5-8(11)12/h3-4,8H,5H2,1-2H3,(H2,13,16). The van der Waals surface area contributed by atoms with Gasteiger partial charge in [0.2, 0.25) is 0 Å². The molecule has 0 spiro atoms. The third-order valence-electron chi connectivity index (χ3n) is 2.05. The van der Waals surface area contributed by atoms with E-state index in [0.29, 0.717) is 11.4 Å². The van der Waals surface area contributed by atoms with Crippen molar-refractivity contribution in [2.45, 2.75) is 13.3 Å². The van der Waals surface area contributed by atoms with Crippen molar-refractivity contribution in [3.63, 3.8) is 0 Å². The fraction of sp³-hybridized carbons (Fsp3) is 0.400. The molecule has 1 rings (SSSR count). The Hall–Kier alpha value is -1.30. The molecule has 0 saturated carbocycles. The van der Waals surface area contributed by atoms with Gasteiger partial charge >= 0.3 is 0 Å². The van der Waals surface area contributed by atoms with Crippen LogP contribution in [-0.2, 0) is 0 Å². The van der Waals surface area contributed by atoms with Crippen LogP contribution in [0, 0.1) is 6.92 Å². The van der Waals surface area contributed by atoms with Crippen LogP contribution in [0.3, 0.4) is 0 Å². The van der Waals surface area contributed by atoms with Gasteiger partial charge in [0.25, 0.3) is 6.43 Å². The average molecular weight is 245 g/mol. The number of aryl methyl sites for hydroxylation is 1. The molecule has 0 aliphatic heterocycles. The van der Waals surface area contributed by atoms with Gasteiger partial charge in [-0.3, -0.25) is 0 Å². The van der Waals surface area contributed by atoms with Gasteiger partial charge in [-0.25, -0.2) is 13.8 Å². The Morgan fingerprint density at radius 2 is 2.19 bits per heavy atom. The molecule has 0 radical (unpaired) electrons. The molecule has 2 N–H and O–H groups in total. The molecule has 88 valence electrons. The molecule has 0 saturated heterocycles. The lowest BCUT2D eigenvalue weighted by Gasteiger charge is -2.20. The summed E-state index contributed by atoms with van der Waals surface area (Å²) in [6.07, 6.45) is -2.42. The summed E-state index contributed by atoms with van der Waals surface area (Å²) in [5.74, 6) is 0.396. The molecule has 0 unspecified atom stereocenters. The van der Waals surface area contributed by atoms with Crippen LogP contribution < -0.4 is 10.6 Å². The van der Waals surface area contributed by atoms with Crippen molar-refractivity contribution in [1.82, 2.24) is 4.98 Å². The molecule has 0 amide bonds. The molecule has 0 fully saturated rings. The van der Waals surface area contributed by atoms with Crippen molar-refractivity contribution in [2.24, 2.45) is 5.73 Å². The highest BCUT2D eigenvalue weighted by molar-refractivity contribution is 7.80. The average Bonchev–Trinajstić information content (AvgIpc) is 2.15. The first kappa shape index (κ1) is 12.8. The molecule has 0 aromatic carbocycles. The molecule has 0 bridgehead atoms. The van der Waals surface area contributed by atoms with Crippen LogP contribution in [-0.4, -0.2) is 30.0 Å². The minimum absolute atomic E-state index is 0.156. The smallest absolute Gasteiger partial charge is 0.255 e. The van der Waals surface area contributed by atoms with Crippen molar-refractivity contribution in [2.75, 3.05) is 18.5 Å². The van der Waals surface area contributed by atoms with Crippen LogP contribution in [0.25, 0.3) is 0 Å². The summed E-state index contributed by atoms with van der Waals surface area (Å²) < 4.78 is 24.5. The molecule has 1 heterocycles.